The van der Waals surface area contributed by atoms with Gasteiger partial charge in [-0.3, -0.25) is 9.78 Å². The van der Waals surface area contributed by atoms with Crippen LogP contribution in [0.2, 0.25) is 0 Å². The van der Waals surface area contributed by atoms with Crippen molar-refractivity contribution in [2.75, 3.05) is 16.8 Å². The number of halogens is 4. The molecular weight excluding hydrogens is 400 g/mol. The average molecular weight is 424 g/mol. The van der Waals surface area contributed by atoms with Crippen LogP contribution in [0.3, 0.4) is 0 Å². The monoisotopic (exact) mass is 424 g/mol. The second kappa shape index (κ2) is 8.20. The van der Waals surface area contributed by atoms with Crippen molar-refractivity contribution < 1.29 is 22.4 Å². The third-order valence-corrected chi connectivity index (χ3v) is 4.67. The fourth-order valence-corrected chi connectivity index (χ4v) is 3.32. The molecule has 2 aromatic rings. The van der Waals surface area contributed by atoms with E-state index in [1.807, 2.05) is 25.7 Å². The summed E-state index contributed by atoms with van der Waals surface area (Å²) in [5.41, 5.74) is 0.600. The molecule has 1 aliphatic rings. The summed E-state index contributed by atoms with van der Waals surface area (Å²) < 4.78 is 52.7. The Kier molecular flexibility index (Phi) is 6.01. The third kappa shape index (κ3) is 5.46. The number of amides is 1. The lowest BCUT2D eigenvalue weighted by Gasteiger charge is -2.31. The summed E-state index contributed by atoms with van der Waals surface area (Å²) in [6.45, 7) is 6.58. The molecule has 1 aliphatic heterocycles. The molecular formula is C21H24F4N4O. The Bertz CT molecular complexity index is 920. The molecule has 30 heavy (non-hydrogen) atoms. The molecule has 0 saturated carbocycles. The highest BCUT2D eigenvalue weighted by molar-refractivity contribution is 5.90. The van der Waals surface area contributed by atoms with Crippen molar-refractivity contribution in [2.45, 2.75) is 52.8 Å². The van der Waals surface area contributed by atoms with Crippen LogP contribution in [-0.2, 0) is 23.9 Å². The van der Waals surface area contributed by atoms with E-state index < -0.39 is 17.6 Å². The molecule has 0 aromatic carbocycles. The maximum Gasteiger partial charge on any atom is 0.417 e. The number of hydrogen-bond donors (Lipinski definition) is 1. The Hall–Kier alpha value is -2.71. The van der Waals surface area contributed by atoms with Crippen molar-refractivity contribution in [3.8, 4) is 0 Å². The van der Waals surface area contributed by atoms with Crippen LogP contribution in [0.1, 0.15) is 50.6 Å². The minimum absolute atomic E-state index is 0.0995. The van der Waals surface area contributed by atoms with E-state index in [4.69, 9.17) is 0 Å². The summed E-state index contributed by atoms with van der Waals surface area (Å²) in [6, 6.07) is 3.63. The van der Waals surface area contributed by atoms with Crippen molar-refractivity contribution in [1.29, 1.82) is 0 Å². The Balaban J connectivity index is 1.77. The predicted octanol–water partition coefficient (Wildman–Crippen LogP) is 4.96. The third-order valence-electron chi connectivity index (χ3n) is 4.67. The standard InChI is InChI=1S/C21H24F4N4O/c1-20(2,3)10-18(30)28-19-15(22)9-17-16(27-19)5-4-8-29(17)12-14-7-6-13(11-26-14)21(23,24)25/h6-7,9,11H,4-5,8,10,12H2,1-3H3,(H,27,28,30). The van der Waals surface area contributed by atoms with Crippen LogP contribution in [0.25, 0.3) is 0 Å². The average Bonchev–Trinajstić information content (AvgIpc) is 2.61. The second-order valence-electron chi connectivity index (χ2n) is 8.63. The number of pyridine rings is 2. The van der Waals surface area contributed by atoms with Gasteiger partial charge in [-0.1, -0.05) is 20.8 Å². The molecule has 0 fully saturated rings. The summed E-state index contributed by atoms with van der Waals surface area (Å²) in [6.07, 6.45) is -2.04. The highest BCUT2D eigenvalue weighted by atomic mass is 19.4. The van der Waals surface area contributed by atoms with Gasteiger partial charge in [-0.05, 0) is 30.4 Å². The lowest BCUT2D eigenvalue weighted by molar-refractivity contribution is -0.137. The van der Waals surface area contributed by atoms with Gasteiger partial charge in [0.25, 0.3) is 0 Å². The largest absolute Gasteiger partial charge is 0.417 e. The van der Waals surface area contributed by atoms with Gasteiger partial charge in [0.1, 0.15) is 0 Å². The number of fused-ring (bicyclic) bond motifs is 1. The van der Waals surface area contributed by atoms with Crippen LogP contribution < -0.4 is 10.2 Å². The SMILES string of the molecule is CC(C)(C)CC(=O)Nc1nc2c(cc1F)N(Cc1ccc(C(F)(F)F)cn1)CCC2. The van der Waals surface area contributed by atoms with Crippen LogP contribution >= 0.6 is 0 Å². The zero-order chi connectivity index (χ0) is 22.1. The van der Waals surface area contributed by atoms with Gasteiger partial charge >= 0.3 is 6.18 Å². The van der Waals surface area contributed by atoms with Gasteiger partial charge < -0.3 is 10.2 Å². The maximum absolute atomic E-state index is 14.6. The number of aryl methyl sites for hydroxylation is 1. The lowest BCUT2D eigenvalue weighted by atomic mass is 9.92. The van der Waals surface area contributed by atoms with Gasteiger partial charge in [-0.25, -0.2) is 9.37 Å². The summed E-state index contributed by atoms with van der Waals surface area (Å²) >= 11 is 0. The molecule has 0 unspecified atom stereocenters. The van der Waals surface area contributed by atoms with E-state index in [-0.39, 0.29) is 30.1 Å². The molecule has 0 saturated heterocycles. The van der Waals surface area contributed by atoms with Gasteiger partial charge in [-0.15, -0.1) is 0 Å². The Morgan fingerprint density at radius 3 is 2.57 bits per heavy atom. The van der Waals surface area contributed by atoms with Gasteiger partial charge in [0.15, 0.2) is 11.6 Å². The van der Waals surface area contributed by atoms with Gasteiger partial charge in [0, 0.05) is 25.2 Å². The number of hydrogen-bond acceptors (Lipinski definition) is 4. The first-order valence-electron chi connectivity index (χ1n) is 9.69. The first-order valence-corrected chi connectivity index (χ1v) is 9.69. The van der Waals surface area contributed by atoms with E-state index in [1.165, 1.54) is 12.1 Å². The van der Waals surface area contributed by atoms with Gasteiger partial charge in [0.05, 0.1) is 29.2 Å². The number of carbonyl (C=O) groups is 1. The van der Waals surface area contributed by atoms with E-state index in [2.05, 4.69) is 15.3 Å². The Morgan fingerprint density at radius 1 is 1.23 bits per heavy atom. The van der Waals surface area contributed by atoms with Crippen molar-refractivity contribution in [3.63, 3.8) is 0 Å². The summed E-state index contributed by atoms with van der Waals surface area (Å²) in [5.74, 6) is -1.06. The lowest BCUT2D eigenvalue weighted by Crippen LogP contribution is -2.30. The minimum Gasteiger partial charge on any atom is -0.364 e. The number of aromatic nitrogens is 2. The first-order chi connectivity index (χ1) is 13.9. The zero-order valence-electron chi connectivity index (χ0n) is 17.1. The van der Waals surface area contributed by atoms with Crippen molar-refractivity contribution in [3.05, 3.63) is 47.2 Å². The molecule has 9 heteroatoms. The number of alkyl halides is 3. The van der Waals surface area contributed by atoms with Crippen LogP contribution in [0.5, 0.6) is 0 Å². The summed E-state index contributed by atoms with van der Waals surface area (Å²) in [5, 5.41) is 2.54. The Labute approximate surface area is 172 Å². The number of anilines is 2. The maximum atomic E-state index is 14.6. The number of carbonyl (C=O) groups excluding carboxylic acids is 1. The van der Waals surface area contributed by atoms with E-state index >= 15 is 0 Å². The second-order valence-corrected chi connectivity index (χ2v) is 8.63. The van der Waals surface area contributed by atoms with E-state index in [9.17, 15) is 22.4 Å². The van der Waals surface area contributed by atoms with Crippen LogP contribution in [0.15, 0.2) is 24.4 Å². The van der Waals surface area contributed by atoms with Crippen LogP contribution in [0.4, 0.5) is 29.1 Å². The molecule has 3 rings (SSSR count). The summed E-state index contributed by atoms with van der Waals surface area (Å²) in [7, 11) is 0. The first kappa shape index (κ1) is 22.0. The zero-order valence-corrected chi connectivity index (χ0v) is 17.1. The van der Waals surface area contributed by atoms with Crippen molar-refractivity contribution in [1.82, 2.24) is 9.97 Å². The molecule has 0 spiro atoms. The number of rotatable bonds is 4. The van der Waals surface area contributed by atoms with Gasteiger partial charge in [0.2, 0.25) is 5.91 Å². The molecule has 5 nitrogen and oxygen atoms in total. The van der Waals surface area contributed by atoms with E-state index in [1.54, 1.807) is 0 Å². The quantitative estimate of drug-likeness (QED) is 0.705. The smallest absolute Gasteiger partial charge is 0.364 e. The molecule has 0 bridgehead atoms. The van der Waals surface area contributed by atoms with E-state index in [0.29, 0.717) is 30.0 Å². The minimum atomic E-state index is -4.44. The molecule has 3 heterocycles. The molecule has 1 amide bonds. The number of nitrogens with one attached hydrogen (secondary N) is 1. The van der Waals surface area contributed by atoms with Crippen molar-refractivity contribution in [2.24, 2.45) is 5.41 Å². The summed E-state index contributed by atoms with van der Waals surface area (Å²) in [4.78, 5) is 22.2. The fourth-order valence-electron chi connectivity index (χ4n) is 3.32. The predicted molar refractivity (Wildman–Crippen MR) is 106 cm³/mol. The molecule has 2 aromatic heterocycles. The van der Waals surface area contributed by atoms with Gasteiger partial charge in [-0.2, -0.15) is 13.2 Å². The molecule has 0 radical (unpaired) electrons. The van der Waals surface area contributed by atoms with E-state index in [0.717, 1.165) is 18.7 Å². The molecule has 162 valence electrons. The van der Waals surface area contributed by atoms with Crippen LogP contribution in [-0.4, -0.2) is 22.4 Å². The van der Waals surface area contributed by atoms with Crippen LogP contribution in [0, 0.1) is 11.2 Å². The van der Waals surface area contributed by atoms with Crippen molar-refractivity contribution >= 4 is 17.4 Å². The Morgan fingerprint density at radius 2 is 1.97 bits per heavy atom. The highest BCUT2D eigenvalue weighted by Crippen LogP contribution is 2.32. The topological polar surface area (TPSA) is 58.1 Å². The highest BCUT2D eigenvalue weighted by Gasteiger charge is 2.31. The molecule has 1 N–H and O–H groups in total. The normalized spacial score (nSPS) is 14.4. The fraction of sp³-hybridized carbons (Fsp3) is 0.476. The number of nitrogens with zero attached hydrogens (tertiary/aromatic N) is 3. The molecule has 0 aliphatic carbocycles. The molecule has 0 atom stereocenters.